The van der Waals surface area contributed by atoms with Crippen LogP contribution in [0.5, 0.6) is 11.5 Å². The minimum absolute atomic E-state index is 0.230. The summed E-state index contributed by atoms with van der Waals surface area (Å²) in [4.78, 5) is 13.0. The number of hydrogen-bond donors (Lipinski definition) is 1. The Morgan fingerprint density at radius 2 is 1.94 bits per heavy atom. The average Bonchev–Trinajstić information content (AvgIpc) is 3.30. The summed E-state index contributed by atoms with van der Waals surface area (Å²) in [5.41, 5.74) is 2.57. The van der Waals surface area contributed by atoms with E-state index in [9.17, 15) is 4.79 Å². The number of carbonyl (C=O) groups excluding carboxylic acids is 1. The van der Waals surface area contributed by atoms with Crippen LogP contribution in [-0.2, 0) is 16.1 Å². The van der Waals surface area contributed by atoms with Crippen molar-refractivity contribution in [2.45, 2.75) is 39.8 Å². The molecule has 2 aromatic carbocycles. The van der Waals surface area contributed by atoms with E-state index in [4.69, 9.17) is 37.4 Å². The minimum atomic E-state index is -0.607. The van der Waals surface area contributed by atoms with Crippen LogP contribution in [-0.4, -0.2) is 39.4 Å². The summed E-state index contributed by atoms with van der Waals surface area (Å²) >= 11 is 12.3. The second kappa shape index (κ2) is 11.0. The molecule has 35 heavy (non-hydrogen) atoms. The van der Waals surface area contributed by atoms with Crippen molar-refractivity contribution in [3.8, 4) is 11.5 Å². The molecule has 3 aromatic rings. The monoisotopic (exact) mass is 517 g/mol. The first kappa shape index (κ1) is 24.8. The van der Waals surface area contributed by atoms with Crippen molar-refractivity contribution >= 4 is 35.1 Å². The first-order chi connectivity index (χ1) is 16.9. The summed E-state index contributed by atoms with van der Waals surface area (Å²) in [5.74, 6) is 1.04. The lowest BCUT2D eigenvalue weighted by atomic mass is 9.95. The van der Waals surface area contributed by atoms with E-state index in [1.54, 1.807) is 29.8 Å². The summed E-state index contributed by atoms with van der Waals surface area (Å²) in [6.07, 6.45) is 0.713. The largest absolute Gasteiger partial charge is 0.490 e. The molecule has 184 valence electrons. The van der Waals surface area contributed by atoms with Crippen LogP contribution in [0.2, 0.25) is 10.0 Å². The second-order valence-electron chi connectivity index (χ2n) is 7.81. The van der Waals surface area contributed by atoms with Gasteiger partial charge < -0.3 is 19.5 Å². The normalized spacial score (nSPS) is 14.8. The number of ether oxygens (including phenoxy) is 3. The van der Waals surface area contributed by atoms with E-state index in [2.05, 4.69) is 20.8 Å². The molecular weight excluding hydrogens is 493 g/mol. The number of aromatic nitrogens is 4. The van der Waals surface area contributed by atoms with Crippen molar-refractivity contribution < 1.29 is 19.0 Å². The molecule has 1 unspecified atom stereocenters. The first-order valence-electron chi connectivity index (χ1n) is 11.2. The predicted octanol–water partition coefficient (Wildman–Crippen LogP) is 5.20. The molecule has 1 aliphatic rings. The van der Waals surface area contributed by atoms with Gasteiger partial charge in [-0.3, -0.25) is 0 Å². The molecule has 2 heterocycles. The zero-order chi connectivity index (χ0) is 24.9. The van der Waals surface area contributed by atoms with Crippen LogP contribution < -0.4 is 14.8 Å². The number of halogens is 2. The number of nitrogens with zero attached hydrogens (tertiary/aromatic N) is 4. The van der Waals surface area contributed by atoms with Crippen LogP contribution in [0.3, 0.4) is 0 Å². The fraction of sp³-hybridized carbons (Fsp3) is 0.333. The van der Waals surface area contributed by atoms with Crippen LogP contribution in [0.4, 0.5) is 5.95 Å². The molecule has 0 aliphatic carbocycles. The molecule has 0 spiro atoms. The van der Waals surface area contributed by atoms with Crippen LogP contribution in [0.1, 0.15) is 44.4 Å². The van der Waals surface area contributed by atoms with Gasteiger partial charge in [-0.1, -0.05) is 47.4 Å². The molecule has 9 nitrogen and oxygen atoms in total. The molecule has 1 aromatic heterocycles. The predicted molar refractivity (Wildman–Crippen MR) is 132 cm³/mol. The number of anilines is 1. The molecule has 0 amide bonds. The van der Waals surface area contributed by atoms with E-state index in [-0.39, 0.29) is 6.61 Å². The second-order valence-corrected chi connectivity index (χ2v) is 8.66. The molecule has 1 aliphatic heterocycles. The SMILES string of the molecule is CCCOC(=O)C1=C(C)Nc2nnnn2C1c1ccc(OCc2ccc(Cl)cc2Cl)c(OCC)c1. The molecule has 0 saturated carbocycles. The van der Waals surface area contributed by atoms with Gasteiger partial charge in [0.25, 0.3) is 0 Å². The summed E-state index contributed by atoms with van der Waals surface area (Å²) in [5, 5.41) is 16.0. The molecule has 1 atom stereocenters. The highest BCUT2D eigenvalue weighted by Gasteiger charge is 2.35. The lowest BCUT2D eigenvalue weighted by Crippen LogP contribution is -2.29. The van der Waals surface area contributed by atoms with Crippen LogP contribution in [0.15, 0.2) is 47.7 Å². The highest BCUT2D eigenvalue weighted by Crippen LogP contribution is 2.39. The maximum atomic E-state index is 13.0. The quantitative estimate of drug-likeness (QED) is 0.386. The van der Waals surface area contributed by atoms with Crippen molar-refractivity contribution in [2.75, 3.05) is 18.5 Å². The Labute approximate surface area is 213 Å². The zero-order valence-corrected chi connectivity index (χ0v) is 21.1. The van der Waals surface area contributed by atoms with Crippen LogP contribution in [0.25, 0.3) is 0 Å². The highest BCUT2D eigenvalue weighted by atomic mass is 35.5. The van der Waals surface area contributed by atoms with Gasteiger partial charge >= 0.3 is 5.97 Å². The third-order valence-corrected chi connectivity index (χ3v) is 5.94. The Bertz CT molecular complexity index is 1260. The maximum Gasteiger partial charge on any atom is 0.338 e. The van der Waals surface area contributed by atoms with Crippen molar-refractivity contribution in [1.82, 2.24) is 20.2 Å². The van der Waals surface area contributed by atoms with Gasteiger partial charge in [-0.2, -0.15) is 4.68 Å². The Balaban J connectivity index is 1.68. The van der Waals surface area contributed by atoms with Crippen LogP contribution in [0, 0.1) is 0 Å². The number of benzene rings is 2. The van der Waals surface area contributed by atoms with Crippen molar-refractivity contribution in [3.05, 3.63) is 68.8 Å². The molecule has 1 N–H and O–H groups in total. The smallest absolute Gasteiger partial charge is 0.338 e. The van der Waals surface area contributed by atoms with Crippen molar-refractivity contribution in [2.24, 2.45) is 0 Å². The molecule has 0 bridgehead atoms. The molecule has 0 saturated heterocycles. The van der Waals surface area contributed by atoms with E-state index in [0.717, 1.165) is 11.1 Å². The van der Waals surface area contributed by atoms with E-state index >= 15 is 0 Å². The molecule has 0 radical (unpaired) electrons. The lowest BCUT2D eigenvalue weighted by Gasteiger charge is -2.28. The molecule has 4 rings (SSSR count). The molecular formula is C24H25Cl2N5O4. The first-order valence-corrected chi connectivity index (χ1v) is 11.9. The van der Waals surface area contributed by atoms with Gasteiger partial charge in [0.05, 0.1) is 18.8 Å². The van der Waals surface area contributed by atoms with Gasteiger partial charge in [0.15, 0.2) is 11.5 Å². The zero-order valence-electron chi connectivity index (χ0n) is 19.5. The molecule has 0 fully saturated rings. The maximum absolute atomic E-state index is 13.0. The summed E-state index contributed by atoms with van der Waals surface area (Å²) in [6.45, 7) is 6.58. The molecule has 11 heteroatoms. The van der Waals surface area contributed by atoms with Gasteiger partial charge in [0.2, 0.25) is 5.95 Å². The van der Waals surface area contributed by atoms with Crippen LogP contribution >= 0.6 is 23.2 Å². The number of carbonyl (C=O) groups is 1. The number of rotatable bonds is 9. The topological polar surface area (TPSA) is 100 Å². The van der Waals surface area contributed by atoms with Gasteiger partial charge in [-0.25, -0.2) is 4.79 Å². The van der Waals surface area contributed by atoms with E-state index in [1.165, 1.54) is 0 Å². The summed E-state index contributed by atoms with van der Waals surface area (Å²) in [7, 11) is 0. The fourth-order valence-corrected chi connectivity index (χ4v) is 4.20. The van der Waals surface area contributed by atoms with Crippen molar-refractivity contribution in [1.29, 1.82) is 0 Å². The third-order valence-electron chi connectivity index (χ3n) is 5.35. The summed E-state index contributed by atoms with van der Waals surface area (Å²) in [6, 6.07) is 10.1. The Kier molecular flexibility index (Phi) is 7.77. The van der Waals surface area contributed by atoms with Gasteiger partial charge in [-0.15, -0.1) is 0 Å². The lowest BCUT2D eigenvalue weighted by molar-refractivity contribution is -0.139. The van der Waals surface area contributed by atoms with Crippen molar-refractivity contribution in [3.63, 3.8) is 0 Å². The number of hydrogen-bond acceptors (Lipinski definition) is 8. The number of fused-ring (bicyclic) bond motifs is 1. The van der Waals surface area contributed by atoms with Gasteiger partial charge in [0.1, 0.15) is 12.6 Å². The number of esters is 1. The minimum Gasteiger partial charge on any atom is -0.490 e. The van der Waals surface area contributed by atoms with E-state index < -0.39 is 12.0 Å². The van der Waals surface area contributed by atoms with Gasteiger partial charge in [-0.05, 0) is 60.5 Å². The number of nitrogens with one attached hydrogen (secondary N) is 1. The van der Waals surface area contributed by atoms with E-state index in [0.29, 0.717) is 58.4 Å². The van der Waals surface area contributed by atoms with E-state index in [1.807, 2.05) is 32.0 Å². The summed E-state index contributed by atoms with van der Waals surface area (Å²) < 4.78 is 18.9. The third kappa shape index (κ3) is 5.36. The standard InChI is InChI=1S/C24H25Cl2N5O4/c1-4-10-34-23(32)21-14(3)27-24-28-29-30-31(24)22(21)15-7-9-19(20(11-15)33-5-2)35-13-16-6-8-17(25)12-18(16)26/h6-9,11-12,22H,4-5,10,13H2,1-3H3,(H,27,28,30). The highest BCUT2D eigenvalue weighted by molar-refractivity contribution is 6.35. The fourth-order valence-electron chi connectivity index (χ4n) is 3.73. The average molecular weight is 518 g/mol. The number of tetrazole rings is 1. The Morgan fingerprint density at radius 3 is 2.69 bits per heavy atom. The Morgan fingerprint density at radius 1 is 1.11 bits per heavy atom. The Hall–Kier alpha value is -3.30. The van der Waals surface area contributed by atoms with Gasteiger partial charge in [0, 0.05) is 21.3 Å². The number of allylic oxidation sites excluding steroid dienone is 1.